The summed E-state index contributed by atoms with van der Waals surface area (Å²) in [5, 5.41) is 3.49. The maximum Gasteiger partial charge on any atom is 0.145 e. The molecule has 2 heterocycles. The molecule has 4 N–H and O–H groups in total. The SMILES string of the molecule is CCCc1nc(NN)cc(NC2CCSCC2)n1. The van der Waals surface area contributed by atoms with E-state index in [2.05, 4.69) is 27.6 Å². The van der Waals surface area contributed by atoms with Gasteiger partial charge in [0, 0.05) is 18.5 Å². The van der Waals surface area contributed by atoms with Crippen LogP contribution < -0.4 is 16.6 Å². The number of hydrogen-bond acceptors (Lipinski definition) is 6. The Hall–Kier alpha value is -1.01. The third kappa shape index (κ3) is 3.74. The summed E-state index contributed by atoms with van der Waals surface area (Å²) >= 11 is 2.02. The molecule has 1 fully saturated rings. The zero-order valence-electron chi connectivity index (χ0n) is 10.8. The molecule has 100 valence electrons. The number of nitrogens with one attached hydrogen (secondary N) is 2. The Labute approximate surface area is 112 Å². The summed E-state index contributed by atoms with van der Waals surface area (Å²) in [5.41, 5.74) is 2.61. The number of hydrogen-bond donors (Lipinski definition) is 3. The van der Waals surface area contributed by atoms with Crippen molar-refractivity contribution in [2.45, 2.75) is 38.6 Å². The minimum absolute atomic E-state index is 0.529. The highest BCUT2D eigenvalue weighted by Crippen LogP contribution is 2.21. The molecule has 1 saturated heterocycles. The van der Waals surface area contributed by atoms with Gasteiger partial charge in [-0.2, -0.15) is 11.8 Å². The quantitative estimate of drug-likeness (QED) is 0.560. The van der Waals surface area contributed by atoms with Gasteiger partial charge in [-0.1, -0.05) is 6.92 Å². The maximum absolute atomic E-state index is 5.45. The van der Waals surface area contributed by atoms with Crippen LogP contribution in [0.25, 0.3) is 0 Å². The molecule has 2 rings (SSSR count). The van der Waals surface area contributed by atoms with E-state index in [0.717, 1.165) is 24.5 Å². The fourth-order valence-electron chi connectivity index (χ4n) is 2.03. The van der Waals surface area contributed by atoms with E-state index in [1.807, 2.05) is 17.8 Å². The van der Waals surface area contributed by atoms with Crippen molar-refractivity contribution in [2.75, 3.05) is 22.2 Å². The first-order valence-electron chi connectivity index (χ1n) is 6.50. The highest BCUT2D eigenvalue weighted by Gasteiger charge is 2.14. The van der Waals surface area contributed by atoms with Gasteiger partial charge in [-0.3, -0.25) is 0 Å². The van der Waals surface area contributed by atoms with Crippen LogP contribution in [0.4, 0.5) is 11.6 Å². The summed E-state index contributed by atoms with van der Waals surface area (Å²) in [5.74, 6) is 10.3. The monoisotopic (exact) mass is 267 g/mol. The van der Waals surface area contributed by atoms with Gasteiger partial charge < -0.3 is 10.7 Å². The van der Waals surface area contributed by atoms with Crippen LogP contribution in [0.3, 0.4) is 0 Å². The van der Waals surface area contributed by atoms with Gasteiger partial charge in [-0.15, -0.1) is 0 Å². The maximum atomic E-state index is 5.45. The number of nitrogens with zero attached hydrogens (tertiary/aromatic N) is 2. The van der Waals surface area contributed by atoms with Crippen molar-refractivity contribution in [1.29, 1.82) is 0 Å². The van der Waals surface area contributed by atoms with Gasteiger partial charge in [-0.05, 0) is 30.8 Å². The molecule has 0 atom stereocenters. The third-order valence-corrected chi connectivity index (χ3v) is 4.02. The van der Waals surface area contributed by atoms with Crippen LogP contribution in [-0.4, -0.2) is 27.5 Å². The van der Waals surface area contributed by atoms with Crippen molar-refractivity contribution in [3.63, 3.8) is 0 Å². The molecule has 0 saturated carbocycles. The first-order chi connectivity index (χ1) is 8.81. The van der Waals surface area contributed by atoms with Gasteiger partial charge in [0.05, 0.1) is 0 Å². The van der Waals surface area contributed by atoms with E-state index in [4.69, 9.17) is 5.84 Å². The van der Waals surface area contributed by atoms with Crippen molar-refractivity contribution in [2.24, 2.45) is 5.84 Å². The van der Waals surface area contributed by atoms with Crippen LogP contribution in [0.2, 0.25) is 0 Å². The number of nitrogen functional groups attached to an aromatic ring is 1. The predicted octanol–water partition coefficient (Wildman–Crippen LogP) is 2.02. The van der Waals surface area contributed by atoms with Crippen LogP contribution in [0.5, 0.6) is 0 Å². The minimum Gasteiger partial charge on any atom is -0.367 e. The predicted molar refractivity (Wildman–Crippen MR) is 77.8 cm³/mol. The van der Waals surface area contributed by atoms with Crippen molar-refractivity contribution in [3.8, 4) is 0 Å². The standard InChI is InChI=1S/C12H21N5S/c1-2-3-10-15-11(8-12(16-10)17-13)14-9-4-6-18-7-5-9/h8-9H,2-7,13H2,1H3,(H2,14,15,16,17). The molecular formula is C12H21N5S. The van der Waals surface area contributed by atoms with E-state index >= 15 is 0 Å². The van der Waals surface area contributed by atoms with Gasteiger partial charge in [0.1, 0.15) is 17.5 Å². The molecule has 0 aromatic carbocycles. The lowest BCUT2D eigenvalue weighted by Crippen LogP contribution is -2.25. The minimum atomic E-state index is 0.529. The first-order valence-corrected chi connectivity index (χ1v) is 7.66. The topological polar surface area (TPSA) is 75.9 Å². The second-order valence-corrected chi connectivity index (χ2v) is 5.70. The Morgan fingerprint density at radius 3 is 2.72 bits per heavy atom. The average molecular weight is 267 g/mol. The lowest BCUT2D eigenvalue weighted by atomic mass is 10.1. The Morgan fingerprint density at radius 2 is 2.06 bits per heavy atom. The molecule has 0 amide bonds. The molecule has 1 aliphatic rings. The third-order valence-electron chi connectivity index (χ3n) is 2.97. The van der Waals surface area contributed by atoms with Gasteiger partial charge >= 0.3 is 0 Å². The summed E-state index contributed by atoms with van der Waals surface area (Å²) in [4.78, 5) is 8.88. The molecule has 18 heavy (non-hydrogen) atoms. The van der Waals surface area contributed by atoms with E-state index in [9.17, 15) is 0 Å². The zero-order valence-corrected chi connectivity index (χ0v) is 11.6. The highest BCUT2D eigenvalue weighted by atomic mass is 32.2. The largest absolute Gasteiger partial charge is 0.367 e. The highest BCUT2D eigenvalue weighted by molar-refractivity contribution is 7.99. The number of thioether (sulfide) groups is 1. The van der Waals surface area contributed by atoms with E-state index in [1.165, 1.54) is 24.3 Å². The van der Waals surface area contributed by atoms with Crippen molar-refractivity contribution in [3.05, 3.63) is 11.9 Å². The van der Waals surface area contributed by atoms with Gasteiger partial charge in [0.25, 0.3) is 0 Å². The zero-order chi connectivity index (χ0) is 12.8. The molecule has 0 unspecified atom stereocenters. The van der Waals surface area contributed by atoms with Crippen molar-refractivity contribution >= 4 is 23.4 Å². The van der Waals surface area contributed by atoms with Gasteiger partial charge in [0.15, 0.2) is 0 Å². The number of aryl methyl sites for hydroxylation is 1. The number of rotatable bonds is 5. The van der Waals surface area contributed by atoms with Crippen LogP contribution in [0.15, 0.2) is 6.07 Å². The smallest absolute Gasteiger partial charge is 0.145 e. The van der Waals surface area contributed by atoms with Crippen LogP contribution >= 0.6 is 11.8 Å². The summed E-state index contributed by atoms with van der Waals surface area (Å²) in [6.45, 7) is 2.12. The summed E-state index contributed by atoms with van der Waals surface area (Å²) in [7, 11) is 0. The molecule has 0 aliphatic carbocycles. The van der Waals surface area contributed by atoms with Crippen LogP contribution in [-0.2, 0) is 6.42 Å². The average Bonchev–Trinajstić information content (AvgIpc) is 2.40. The second kappa shape index (κ2) is 6.80. The molecule has 0 bridgehead atoms. The summed E-state index contributed by atoms with van der Waals surface area (Å²) in [6.07, 6.45) is 4.31. The molecule has 6 heteroatoms. The van der Waals surface area contributed by atoms with Crippen LogP contribution in [0.1, 0.15) is 32.0 Å². The molecule has 0 spiro atoms. The fraction of sp³-hybridized carbons (Fsp3) is 0.667. The van der Waals surface area contributed by atoms with Crippen molar-refractivity contribution in [1.82, 2.24) is 9.97 Å². The van der Waals surface area contributed by atoms with E-state index in [1.54, 1.807) is 0 Å². The lowest BCUT2D eigenvalue weighted by molar-refractivity contribution is 0.662. The van der Waals surface area contributed by atoms with Crippen LogP contribution in [0, 0.1) is 0 Å². The Balaban J connectivity index is 2.07. The molecule has 0 radical (unpaired) electrons. The molecule has 1 aromatic rings. The van der Waals surface area contributed by atoms with Gasteiger partial charge in [0.2, 0.25) is 0 Å². The van der Waals surface area contributed by atoms with E-state index in [0.29, 0.717) is 11.9 Å². The Bertz CT molecular complexity index is 379. The molecule has 1 aromatic heterocycles. The summed E-state index contributed by atoms with van der Waals surface area (Å²) < 4.78 is 0. The van der Waals surface area contributed by atoms with E-state index in [-0.39, 0.29) is 0 Å². The Kier molecular flexibility index (Phi) is 5.07. The number of hydrazine groups is 1. The number of anilines is 2. The number of aromatic nitrogens is 2. The fourth-order valence-corrected chi connectivity index (χ4v) is 3.14. The summed E-state index contributed by atoms with van der Waals surface area (Å²) in [6, 6.07) is 2.40. The van der Waals surface area contributed by atoms with Gasteiger partial charge in [-0.25, -0.2) is 15.8 Å². The normalized spacial score (nSPS) is 16.6. The molecular weight excluding hydrogens is 246 g/mol. The molecule has 5 nitrogen and oxygen atoms in total. The molecule has 1 aliphatic heterocycles. The van der Waals surface area contributed by atoms with Crippen molar-refractivity contribution < 1.29 is 0 Å². The second-order valence-electron chi connectivity index (χ2n) is 4.48. The number of nitrogens with two attached hydrogens (primary N) is 1. The van der Waals surface area contributed by atoms with E-state index < -0.39 is 0 Å². The Morgan fingerprint density at radius 1 is 1.33 bits per heavy atom. The first kappa shape index (κ1) is 13.4. The lowest BCUT2D eigenvalue weighted by Gasteiger charge is -2.23.